The third kappa shape index (κ3) is 4.06. The minimum atomic E-state index is -0.293. The van der Waals surface area contributed by atoms with E-state index in [9.17, 15) is 4.79 Å². The maximum Gasteiger partial charge on any atom is 0.237 e. The second kappa shape index (κ2) is 7.49. The van der Waals surface area contributed by atoms with E-state index in [2.05, 4.69) is 24.1 Å². The first-order valence-electron chi connectivity index (χ1n) is 9.41. The number of carbonyl (C=O) groups excluding carboxylic acids is 1. The lowest BCUT2D eigenvalue weighted by atomic mass is 9.85. The molecule has 2 aliphatic heterocycles. The Kier molecular flexibility index (Phi) is 5.60. The zero-order valence-corrected chi connectivity index (χ0v) is 14.7. The zero-order chi connectivity index (χ0) is 16.3. The van der Waals surface area contributed by atoms with Crippen molar-refractivity contribution in [2.24, 2.45) is 5.92 Å². The van der Waals surface area contributed by atoms with E-state index in [0.717, 1.165) is 58.4 Å². The summed E-state index contributed by atoms with van der Waals surface area (Å²) in [5.74, 6) is 0.499. The summed E-state index contributed by atoms with van der Waals surface area (Å²) in [6.07, 6.45) is 7.48. The number of rotatable bonds is 4. The molecule has 132 valence electrons. The minimum absolute atomic E-state index is 0.0696. The van der Waals surface area contributed by atoms with Crippen molar-refractivity contribution in [3.05, 3.63) is 0 Å². The van der Waals surface area contributed by atoms with Crippen LogP contribution in [0.25, 0.3) is 0 Å². The van der Waals surface area contributed by atoms with Crippen molar-refractivity contribution in [2.75, 3.05) is 26.3 Å². The van der Waals surface area contributed by atoms with Crippen molar-refractivity contribution in [1.29, 1.82) is 0 Å². The van der Waals surface area contributed by atoms with Crippen LogP contribution in [0.15, 0.2) is 0 Å². The van der Waals surface area contributed by atoms with Gasteiger partial charge in [0.2, 0.25) is 5.91 Å². The number of carbonyl (C=O) groups is 1. The van der Waals surface area contributed by atoms with E-state index in [1.165, 1.54) is 12.8 Å². The van der Waals surface area contributed by atoms with Crippen molar-refractivity contribution in [3.63, 3.8) is 0 Å². The molecule has 0 aromatic carbocycles. The van der Waals surface area contributed by atoms with Crippen LogP contribution in [-0.2, 0) is 14.3 Å². The van der Waals surface area contributed by atoms with Crippen molar-refractivity contribution >= 4 is 5.91 Å². The van der Waals surface area contributed by atoms with Crippen molar-refractivity contribution < 1.29 is 14.3 Å². The molecule has 23 heavy (non-hydrogen) atoms. The predicted octanol–water partition coefficient (Wildman–Crippen LogP) is 2.30. The highest BCUT2D eigenvalue weighted by Crippen LogP contribution is 2.38. The summed E-state index contributed by atoms with van der Waals surface area (Å²) in [5, 5.41) is 3.22. The summed E-state index contributed by atoms with van der Waals surface area (Å²) in [6, 6.07) is 0.512. The summed E-state index contributed by atoms with van der Waals surface area (Å²) in [5.41, 5.74) is 0. The first-order valence-corrected chi connectivity index (χ1v) is 9.41. The molecule has 3 aliphatic rings. The zero-order valence-electron chi connectivity index (χ0n) is 14.7. The van der Waals surface area contributed by atoms with Gasteiger partial charge in [-0.2, -0.15) is 0 Å². The summed E-state index contributed by atoms with van der Waals surface area (Å²) in [4.78, 5) is 15.0. The van der Waals surface area contributed by atoms with Crippen molar-refractivity contribution in [2.45, 2.75) is 76.7 Å². The third-order valence-corrected chi connectivity index (χ3v) is 5.76. The van der Waals surface area contributed by atoms with Crippen LogP contribution in [-0.4, -0.2) is 55.0 Å². The van der Waals surface area contributed by atoms with Crippen LogP contribution in [0.5, 0.6) is 0 Å². The number of likely N-dealkylation sites (tertiary alicyclic amines) is 1. The quantitative estimate of drug-likeness (QED) is 0.862. The Labute approximate surface area is 140 Å². The van der Waals surface area contributed by atoms with E-state index in [-0.39, 0.29) is 17.7 Å². The molecule has 5 nitrogen and oxygen atoms in total. The average molecular weight is 324 g/mol. The molecule has 3 fully saturated rings. The fraction of sp³-hybridized carbons (Fsp3) is 0.944. The van der Waals surface area contributed by atoms with Gasteiger partial charge < -0.3 is 14.8 Å². The van der Waals surface area contributed by atoms with Crippen LogP contribution in [0.4, 0.5) is 0 Å². The van der Waals surface area contributed by atoms with Crippen molar-refractivity contribution in [1.82, 2.24) is 10.2 Å². The van der Waals surface area contributed by atoms with Gasteiger partial charge in [0, 0.05) is 25.4 Å². The minimum Gasteiger partial charge on any atom is -0.354 e. The van der Waals surface area contributed by atoms with Gasteiger partial charge in [-0.25, -0.2) is 0 Å². The van der Waals surface area contributed by atoms with Gasteiger partial charge in [0.25, 0.3) is 0 Å². The topological polar surface area (TPSA) is 50.8 Å². The largest absolute Gasteiger partial charge is 0.354 e. The molecule has 1 amide bonds. The highest BCUT2D eigenvalue weighted by atomic mass is 16.7. The first-order chi connectivity index (χ1) is 11.1. The molecule has 5 heteroatoms. The number of nitrogens with one attached hydrogen (secondary N) is 1. The Morgan fingerprint density at radius 2 is 1.87 bits per heavy atom. The molecule has 2 heterocycles. The van der Waals surface area contributed by atoms with E-state index in [4.69, 9.17) is 9.47 Å². The number of ether oxygens (including phenoxy) is 2. The van der Waals surface area contributed by atoms with Gasteiger partial charge >= 0.3 is 0 Å². The van der Waals surface area contributed by atoms with Gasteiger partial charge in [-0.1, -0.05) is 6.42 Å². The fourth-order valence-electron chi connectivity index (χ4n) is 4.32. The van der Waals surface area contributed by atoms with Gasteiger partial charge in [0.1, 0.15) is 0 Å². The molecule has 1 aliphatic carbocycles. The lowest BCUT2D eigenvalue weighted by Crippen LogP contribution is -2.52. The van der Waals surface area contributed by atoms with Gasteiger partial charge in [-0.15, -0.1) is 0 Å². The van der Waals surface area contributed by atoms with E-state index < -0.39 is 0 Å². The smallest absolute Gasteiger partial charge is 0.237 e. The molecule has 1 N–H and O–H groups in total. The van der Waals surface area contributed by atoms with E-state index >= 15 is 0 Å². The van der Waals surface area contributed by atoms with Crippen molar-refractivity contribution in [3.8, 4) is 0 Å². The number of amides is 1. The third-order valence-electron chi connectivity index (χ3n) is 5.76. The molecule has 1 spiro atoms. The molecular formula is C18H32N2O3. The molecular weight excluding hydrogens is 292 g/mol. The maximum atomic E-state index is 12.6. The van der Waals surface area contributed by atoms with Crippen LogP contribution < -0.4 is 5.32 Å². The lowest BCUT2D eigenvalue weighted by Gasteiger charge is -2.38. The van der Waals surface area contributed by atoms with Crippen LogP contribution in [0, 0.1) is 5.92 Å². The highest BCUT2D eigenvalue weighted by Gasteiger charge is 2.40. The van der Waals surface area contributed by atoms with Gasteiger partial charge in [-0.05, 0) is 52.0 Å². The predicted molar refractivity (Wildman–Crippen MR) is 89.1 cm³/mol. The summed E-state index contributed by atoms with van der Waals surface area (Å²) >= 11 is 0. The fourth-order valence-corrected chi connectivity index (χ4v) is 4.32. The maximum absolute atomic E-state index is 12.6. The SMILES string of the molecule is CC(C)N1CCCCC1C(=O)NCC1CCC2(CC1)OCCO2. The van der Waals surface area contributed by atoms with Gasteiger partial charge in [-0.3, -0.25) is 9.69 Å². The Bertz CT molecular complexity index is 397. The normalized spacial score (nSPS) is 29.3. The van der Waals surface area contributed by atoms with Crippen LogP contribution in [0.3, 0.4) is 0 Å². The highest BCUT2D eigenvalue weighted by molar-refractivity contribution is 5.81. The Morgan fingerprint density at radius 1 is 1.17 bits per heavy atom. The Hall–Kier alpha value is -0.650. The molecule has 0 aromatic heterocycles. The summed E-state index contributed by atoms with van der Waals surface area (Å²) < 4.78 is 11.5. The standard InChI is InChI=1S/C18H32N2O3/c1-14(2)20-10-4-3-5-16(20)17(21)19-13-15-6-8-18(9-7-15)22-11-12-23-18/h14-16H,3-13H2,1-2H3,(H,19,21). The van der Waals surface area contributed by atoms with E-state index in [1.54, 1.807) is 0 Å². The Morgan fingerprint density at radius 3 is 2.52 bits per heavy atom. The van der Waals surface area contributed by atoms with Crippen LogP contribution in [0.1, 0.15) is 58.8 Å². The first kappa shape index (κ1) is 17.2. The molecule has 1 atom stereocenters. The van der Waals surface area contributed by atoms with Crippen LogP contribution >= 0.6 is 0 Å². The second-order valence-corrected chi connectivity index (χ2v) is 7.64. The molecule has 0 radical (unpaired) electrons. The molecule has 1 saturated carbocycles. The number of hydrogen-bond acceptors (Lipinski definition) is 4. The Balaban J connectivity index is 1.44. The van der Waals surface area contributed by atoms with Gasteiger partial charge in [0.15, 0.2) is 5.79 Å². The second-order valence-electron chi connectivity index (χ2n) is 7.64. The molecule has 0 bridgehead atoms. The van der Waals surface area contributed by atoms with Crippen LogP contribution in [0.2, 0.25) is 0 Å². The van der Waals surface area contributed by atoms with Gasteiger partial charge in [0.05, 0.1) is 19.3 Å². The monoisotopic (exact) mass is 324 g/mol. The number of nitrogens with zero attached hydrogens (tertiary/aromatic N) is 1. The van der Waals surface area contributed by atoms with E-state index in [0.29, 0.717) is 12.0 Å². The molecule has 3 rings (SSSR count). The molecule has 0 aromatic rings. The molecule has 2 saturated heterocycles. The number of piperidine rings is 1. The lowest BCUT2D eigenvalue weighted by molar-refractivity contribution is -0.182. The number of hydrogen-bond donors (Lipinski definition) is 1. The average Bonchev–Trinajstić information content (AvgIpc) is 3.02. The summed E-state index contributed by atoms with van der Waals surface area (Å²) in [7, 11) is 0. The molecule has 1 unspecified atom stereocenters. The van der Waals surface area contributed by atoms with E-state index in [1.807, 2.05) is 0 Å². The summed E-state index contributed by atoms with van der Waals surface area (Å²) in [6.45, 7) is 7.69.